The maximum Gasteiger partial charge on any atom is 0.238 e. The van der Waals surface area contributed by atoms with E-state index in [0.29, 0.717) is 0 Å². The van der Waals surface area contributed by atoms with E-state index in [9.17, 15) is 9.59 Å². The zero-order valence-corrected chi connectivity index (χ0v) is 17.8. The minimum absolute atomic E-state index is 0.0843. The van der Waals surface area contributed by atoms with Gasteiger partial charge in [-0.25, -0.2) is 0 Å². The van der Waals surface area contributed by atoms with Crippen LogP contribution in [-0.4, -0.2) is 32.3 Å². The minimum atomic E-state index is -0.519. The molecule has 0 aliphatic carbocycles. The van der Waals surface area contributed by atoms with Crippen LogP contribution in [0.15, 0.2) is 54.9 Å². The first-order valence-corrected chi connectivity index (χ1v) is 11.1. The van der Waals surface area contributed by atoms with Gasteiger partial charge in [0.1, 0.15) is 0 Å². The molecule has 0 bridgehead atoms. The summed E-state index contributed by atoms with van der Waals surface area (Å²) in [7, 11) is 0. The molecule has 2 aromatic heterocycles. The lowest BCUT2D eigenvalue weighted by atomic mass is 9.83. The van der Waals surface area contributed by atoms with Gasteiger partial charge in [0.05, 0.1) is 17.4 Å². The summed E-state index contributed by atoms with van der Waals surface area (Å²) >= 11 is 0. The summed E-state index contributed by atoms with van der Waals surface area (Å²) in [6.45, 7) is 4.79. The van der Waals surface area contributed by atoms with Crippen molar-refractivity contribution in [1.29, 1.82) is 0 Å². The number of fused-ring (bicyclic) bond motifs is 1. The Hall–Kier alpha value is -3.34. The largest absolute Gasteiger partial charge is 0.361 e. The highest BCUT2D eigenvalue weighted by Crippen LogP contribution is 2.47. The summed E-state index contributed by atoms with van der Waals surface area (Å²) in [5.74, 6) is -1.21. The van der Waals surface area contributed by atoms with Crippen molar-refractivity contribution in [2.45, 2.75) is 51.1 Å². The Morgan fingerprint density at radius 1 is 0.935 bits per heavy atom. The van der Waals surface area contributed by atoms with Gasteiger partial charge in [-0.05, 0) is 49.4 Å². The van der Waals surface area contributed by atoms with Gasteiger partial charge in [0.25, 0.3) is 0 Å². The SMILES string of the molecule is CC(C)N1C(=O)[C@@H](c2c[nH]c3ccccc23)[C@H](c2cn3c4c(cccc24)CCC3)C1=O. The normalized spacial score (nSPS) is 21.2. The standard InChI is InChI=1S/C26H25N3O2/c1-15(2)29-25(30)22(19-13-27-21-11-4-3-9-17(19)21)23(26(29)31)20-14-28-12-6-8-16-7-5-10-18(20)24(16)28/h3-5,7,9-11,13-15,22-23,27H,6,8,12H2,1-2H3/t22-,23-/m0/s1. The van der Waals surface area contributed by atoms with E-state index < -0.39 is 11.8 Å². The Morgan fingerprint density at radius 2 is 1.68 bits per heavy atom. The van der Waals surface area contributed by atoms with Crippen molar-refractivity contribution < 1.29 is 9.59 Å². The molecule has 31 heavy (non-hydrogen) atoms. The van der Waals surface area contributed by atoms with Crippen LogP contribution >= 0.6 is 0 Å². The number of aryl methyl sites for hydroxylation is 2. The molecule has 2 atom stereocenters. The molecule has 4 heterocycles. The summed E-state index contributed by atoms with van der Waals surface area (Å²) in [4.78, 5) is 32.2. The number of hydrogen-bond donors (Lipinski definition) is 1. The number of carbonyl (C=O) groups is 2. The molecular formula is C26H25N3O2. The molecule has 2 amide bonds. The number of H-pyrrole nitrogens is 1. The fraction of sp³-hybridized carbons (Fsp3) is 0.308. The van der Waals surface area contributed by atoms with E-state index in [1.54, 1.807) is 0 Å². The highest BCUT2D eigenvalue weighted by molar-refractivity contribution is 6.13. The van der Waals surface area contributed by atoms with E-state index in [1.165, 1.54) is 16.0 Å². The summed E-state index contributed by atoms with van der Waals surface area (Å²) in [6, 6.07) is 14.2. The average Bonchev–Trinajstić information content (AvgIpc) is 3.41. The van der Waals surface area contributed by atoms with Crippen molar-refractivity contribution in [3.8, 4) is 0 Å². The van der Waals surface area contributed by atoms with Crippen LogP contribution in [-0.2, 0) is 22.6 Å². The smallest absolute Gasteiger partial charge is 0.238 e. The van der Waals surface area contributed by atoms with Gasteiger partial charge in [-0.1, -0.05) is 36.4 Å². The van der Waals surface area contributed by atoms with Crippen LogP contribution in [0.1, 0.15) is 48.8 Å². The summed E-state index contributed by atoms with van der Waals surface area (Å²) in [5, 5.41) is 2.12. The zero-order valence-electron chi connectivity index (χ0n) is 17.8. The molecular weight excluding hydrogens is 386 g/mol. The maximum absolute atomic E-state index is 13.7. The quantitative estimate of drug-likeness (QED) is 0.496. The van der Waals surface area contributed by atoms with Crippen molar-refractivity contribution in [1.82, 2.24) is 14.5 Å². The number of rotatable bonds is 3. The van der Waals surface area contributed by atoms with Gasteiger partial charge in [0.15, 0.2) is 0 Å². The number of likely N-dealkylation sites (tertiary alicyclic amines) is 1. The molecule has 1 fully saturated rings. The van der Waals surface area contributed by atoms with Gasteiger partial charge in [0, 0.05) is 41.3 Å². The third-order valence-electron chi connectivity index (χ3n) is 7.01. The molecule has 5 nitrogen and oxygen atoms in total. The van der Waals surface area contributed by atoms with Gasteiger partial charge in [-0.15, -0.1) is 0 Å². The van der Waals surface area contributed by atoms with Gasteiger partial charge < -0.3 is 9.55 Å². The first-order valence-electron chi connectivity index (χ1n) is 11.1. The highest BCUT2D eigenvalue weighted by Gasteiger charge is 2.51. The van der Waals surface area contributed by atoms with E-state index in [-0.39, 0.29) is 17.9 Å². The van der Waals surface area contributed by atoms with E-state index >= 15 is 0 Å². The molecule has 5 heteroatoms. The van der Waals surface area contributed by atoms with Crippen molar-refractivity contribution >= 4 is 33.6 Å². The number of aromatic nitrogens is 2. The first-order chi connectivity index (χ1) is 15.1. The Kier molecular flexibility index (Phi) is 3.91. The van der Waals surface area contributed by atoms with Crippen molar-refractivity contribution in [3.05, 3.63) is 71.5 Å². The van der Waals surface area contributed by atoms with Gasteiger partial charge in [-0.3, -0.25) is 14.5 Å². The highest BCUT2D eigenvalue weighted by atomic mass is 16.2. The molecule has 0 unspecified atom stereocenters. The van der Waals surface area contributed by atoms with Gasteiger partial charge >= 0.3 is 0 Å². The number of amides is 2. The first kappa shape index (κ1) is 18.4. The number of carbonyl (C=O) groups excluding carboxylic acids is 2. The van der Waals surface area contributed by atoms with Crippen LogP contribution < -0.4 is 0 Å². The topological polar surface area (TPSA) is 58.1 Å². The van der Waals surface area contributed by atoms with Crippen LogP contribution in [0.5, 0.6) is 0 Å². The lowest BCUT2D eigenvalue weighted by Crippen LogP contribution is -2.36. The van der Waals surface area contributed by atoms with E-state index in [2.05, 4.69) is 33.9 Å². The van der Waals surface area contributed by atoms with E-state index in [0.717, 1.165) is 46.8 Å². The Labute approximate surface area is 180 Å². The number of nitrogens with zero attached hydrogens (tertiary/aromatic N) is 2. The number of imide groups is 1. The second-order valence-electron chi connectivity index (χ2n) is 9.08. The Balaban J connectivity index is 1.60. The Morgan fingerprint density at radius 3 is 2.48 bits per heavy atom. The maximum atomic E-state index is 13.7. The zero-order chi connectivity index (χ0) is 21.3. The number of hydrogen-bond acceptors (Lipinski definition) is 2. The van der Waals surface area contributed by atoms with Crippen LogP contribution in [0.2, 0.25) is 0 Å². The lowest BCUT2D eigenvalue weighted by molar-refractivity contribution is -0.140. The van der Waals surface area contributed by atoms with Crippen LogP contribution in [0.25, 0.3) is 21.8 Å². The third kappa shape index (κ3) is 2.49. The van der Waals surface area contributed by atoms with Crippen molar-refractivity contribution in [2.24, 2.45) is 0 Å². The number of nitrogens with one attached hydrogen (secondary N) is 1. The molecule has 2 aliphatic rings. The Bertz CT molecular complexity index is 1360. The van der Waals surface area contributed by atoms with E-state index in [1.807, 2.05) is 44.3 Å². The predicted octanol–water partition coefficient (Wildman–Crippen LogP) is 4.71. The molecule has 0 spiro atoms. The third-order valence-corrected chi connectivity index (χ3v) is 7.01. The van der Waals surface area contributed by atoms with Crippen molar-refractivity contribution in [2.75, 3.05) is 0 Å². The van der Waals surface area contributed by atoms with Crippen LogP contribution in [0.3, 0.4) is 0 Å². The molecule has 1 N–H and O–H groups in total. The molecule has 0 saturated carbocycles. The average molecular weight is 412 g/mol. The predicted molar refractivity (Wildman–Crippen MR) is 121 cm³/mol. The van der Waals surface area contributed by atoms with Crippen LogP contribution in [0.4, 0.5) is 0 Å². The number of aromatic amines is 1. The van der Waals surface area contributed by atoms with Crippen LogP contribution in [0, 0.1) is 0 Å². The fourth-order valence-corrected chi connectivity index (χ4v) is 5.71. The summed E-state index contributed by atoms with van der Waals surface area (Å²) < 4.78 is 2.28. The molecule has 4 aromatic rings. The molecule has 2 aliphatic heterocycles. The molecule has 2 aromatic carbocycles. The molecule has 6 rings (SSSR count). The summed E-state index contributed by atoms with van der Waals surface area (Å²) in [6.07, 6.45) is 6.21. The minimum Gasteiger partial charge on any atom is -0.361 e. The van der Waals surface area contributed by atoms with Gasteiger partial charge in [0.2, 0.25) is 11.8 Å². The molecule has 156 valence electrons. The van der Waals surface area contributed by atoms with Gasteiger partial charge in [-0.2, -0.15) is 0 Å². The summed E-state index contributed by atoms with van der Waals surface area (Å²) in [5.41, 5.74) is 5.44. The monoisotopic (exact) mass is 411 g/mol. The molecule has 1 saturated heterocycles. The lowest BCUT2D eigenvalue weighted by Gasteiger charge is -2.18. The second-order valence-corrected chi connectivity index (χ2v) is 9.08. The fourth-order valence-electron chi connectivity index (χ4n) is 5.71. The number of benzene rings is 2. The van der Waals surface area contributed by atoms with E-state index in [4.69, 9.17) is 0 Å². The van der Waals surface area contributed by atoms with Crippen molar-refractivity contribution in [3.63, 3.8) is 0 Å². The number of para-hydroxylation sites is 2. The molecule has 0 radical (unpaired) electrons. The second kappa shape index (κ2) is 6.58.